The van der Waals surface area contributed by atoms with Crippen molar-refractivity contribution < 1.29 is 53.2 Å². The van der Waals surface area contributed by atoms with Crippen molar-refractivity contribution in [3.8, 4) is 46.0 Å². The van der Waals surface area contributed by atoms with E-state index in [0.717, 1.165) is 11.1 Å². The number of ether oxygens (including phenoxy) is 8. The van der Waals surface area contributed by atoms with Gasteiger partial charge in [0.15, 0.2) is 46.0 Å². The summed E-state index contributed by atoms with van der Waals surface area (Å²) in [6.07, 6.45) is -3.78. The Morgan fingerprint density at radius 1 is 0.500 bits per heavy atom. The SMILES string of the molecule is COc1ccc([C@@H](O)[C@@H](C)Oc2ccc([C@H]3O[C@@H](c4ccc(O[C@H](C)[C@H](O)c5ccc(OC)c(OC)c5)c(OC)c4)[C@H](C)[C@H]3C)cc2O)cc1OC. The lowest BCUT2D eigenvalue weighted by atomic mass is 9.85. The number of benzene rings is 4. The number of aliphatic hydroxyl groups excluding tert-OH is 2. The van der Waals surface area contributed by atoms with Crippen molar-refractivity contribution in [2.24, 2.45) is 11.8 Å². The zero-order valence-corrected chi connectivity index (χ0v) is 31.2. The second kappa shape index (κ2) is 16.7. The summed E-state index contributed by atoms with van der Waals surface area (Å²) < 4.78 is 46.0. The molecule has 0 aliphatic carbocycles. The highest BCUT2D eigenvalue weighted by molar-refractivity contribution is 5.47. The molecule has 0 saturated carbocycles. The number of hydrogen-bond acceptors (Lipinski definition) is 11. The standard InChI is InChI=1S/C41H50O11/c1-22-23(2)41(29-13-17-34(37(21-29)49-9)51-25(4)39(44)27-11-16-33(46-6)36(20-27)48-8)52-40(22)28-12-14-31(30(42)18-28)50-24(3)38(43)26-10-15-32(45-5)35(19-26)47-7/h10-25,38-44H,1-9H3/t22-,23-,24-,25-,38+,39+,40+,41-/m1/s1. The van der Waals surface area contributed by atoms with Crippen LogP contribution in [0.15, 0.2) is 72.8 Å². The summed E-state index contributed by atoms with van der Waals surface area (Å²) in [6.45, 7) is 7.79. The molecule has 11 heteroatoms. The predicted molar refractivity (Wildman–Crippen MR) is 195 cm³/mol. The average molecular weight is 719 g/mol. The van der Waals surface area contributed by atoms with E-state index in [0.29, 0.717) is 45.6 Å². The number of phenolic OH excluding ortho intramolecular Hbond substituents is 1. The van der Waals surface area contributed by atoms with Gasteiger partial charge in [-0.1, -0.05) is 38.1 Å². The van der Waals surface area contributed by atoms with Gasteiger partial charge in [-0.3, -0.25) is 0 Å². The summed E-state index contributed by atoms with van der Waals surface area (Å²) in [6, 6.07) is 21.3. The number of aromatic hydroxyl groups is 1. The van der Waals surface area contributed by atoms with Crippen LogP contribution in [0.25, 0.3) is 0 Å². The van der Waals surface area contributed by atoms with E-state index in [1.54, 1.807) is 90.8 Å². The van der Waals surface area contributed by atoms with E-state index in [9.17, 15) is 15.3 Å². The van der Waals surface area contributed by atoms with Gasteiger partial charge < -0.3 is 53.2 Å². The van der Waals surface area contributed by atoms with E-state index in [4.69, 9.17) is 37.9 Å². The van der Waals surface area contributed by atoms with Crippen LogP contribution in [0.1, 0.15) is 74.4 Å². The van der Waals surface area contributed by atoms with Gasteiger partial charge >= 0.3 is 0 Å². The van der Waals surface area contributed by atoms with Gasteiger partial charge in [-0.05, 0) is 96.5 Å². The van der Waals surface area contributed by atoms with Gasteiger partial charge in [-0.25, -0.2) is 0 Å². The van der Waals surface area contributed by atoms with Crippen molar-refractivity contribution in [1.29, 1.82) is 0 Å². The predicted octanol–water partition coefficient (Wildman–Crippen LogP) is 7.52. The average Bonchev–Trinajstić information content (AvgIpc) is 3.47. The van der Waals surface area contributed by atoms with Crippen LogP contribution in [0.3, 0.4) is 0 Å². The summed E-state index contributed by atoms with van der Waals surface area (Å²) in [5.41, 5.74) is 2.94. The Kier molecular flexibility index (Phi) is 12.3. The normalized spacial score (nSPS) is 20.7. The molecule has 0 unspecified atom stereocenters. The molecule has 1 aliphatic heterocycles. The molecule has 0 aromatic heterocycles. The smallest absolute Gasteiger partial charge is 0.161 e. The molecule has 1 saturated heterocycles. The van der Waals surface area contributed by atoms with Crippen molar-refractivity contribution in [3.63, 3.8) is 0 Å². The van der Waals surface area contributed by atoms with Gasteiger partial charge in [0.05, 0.1) is 47.8 Å². The van der Waals surface area contributed by atoms with Gasteiger partial charge in [0.25, 0.3) is 0 Å². The third-order valence-electron chi connectivity index (χ3n) is 9.92. The first kappa shape index (κ1) is 38.4. The highest BCUT2D eigenvalue weighted by Crippen LogP contribution is 2.51. The molecule has 4 aromatic carbocycles. The number of phenols is 1. The summed E-state index contributed by atoms with van der Waals surface area (Å²) in [4.78, 5) is 0. The van der Waals surface area contributed by atoms with Crippen LogP contribution >= 0.6 is 0 Å². The fourth-order valence-corrected chi connectivity index (χ4v) is 6.64. The minimum absolute atomic E-state index is 0.0525. The molecule has 52 heavy (non-hydrogen) atoms. The molecule has 1 heterocycles. The summed E-state index contributed by atoms with van der Waals surface area (Å²) >= 11 is 0. The van der Waals surface area contributed by atoms with E-state index in [1.165, 1.54) is 7.11 Å². The highest BCUT2D eigenvalue weighted by Gasteiger charge is 2.41. The van der Waals surface area contributed by atoms with Crippen LogP contribution in [0, 0.1) is 11.8 Å². The molecule has 0 bridgehead atoms. The van der Waals surface area contributed by atoms with Crippen LogP contribution in [-0.2, 0) is 4.74 Å². The molecule has 11 nitrogen and oxygen atoms in total. The lowest BCUT2D eigenvalue weighted by molar-refractivity contribution is 0.0281. The molecule has 4 aromatic rings. The van der Waals surface area contributed by atoms with Gasteiger partial charge in [0.1, 0.15) is 24.4 Å². The fraction of sp³-hybridized carbons (Fsp3) is 0.415. The fourth-order valence-electron chi connectivity index (χ4n) is 6.64. The summed E-state index contributed by atoms with van der Waals surface area (Å²) in [5, 5.41) is 33.1. The first-order chi connectivity index (χ1) is 24.9. The molecular formula is C41H50O11. The van der Waals surface area contributed by atoms with Crippen molar-refractivity contribution in [1.82, 2.24) is 0 Å². The lowest BCUT2D eigenvalue weighted by Gasteiger charge is -2.24. The third kappa shape index (κ3) is 7.96. The van der Waals surface area contributed by atoms with Crippen LogP contribution in [-0.4, -0.2) is 63.1 Å². The second-order valence-electron chi connectivity index (χ2n) is 13.1. The maximum absolute atomic E-state index is 11.1. The summed E-state index contributed by atoms with van der Waals surface area (Å²) in [7, 11) is 7.77. The van der Waals surface area contributed by atoms with Gasteiger partial charge in [0.2, 0.25) is 0 Å². The van der Waals surface area contributed by atoms with Crippen molar-refractivity contribution >= 4 is 0 Å². The Bertz CT molecular complexity index is 1810. The largest absolute Gasteiger partial charge is 0.504 e. The topological polar surface area (TPSA) is 135 Å². The monoisotopic (exact) mass is 718 g/mol. The van der Waals surface area contributed by atoms with Crippen molar-refractivity contribution in [3.05, 3.63) is 95.1 Å². The molecule has 5 rings (SSSR count). The lowest BCUT2D eigenvalue weighted by Crippen LogP contribution is -2.22. The van der Waals surface area contributed by atoms with E-state index >= 15 is 0 Å². The van der Waals surface area contributed by atoms with Crippen molar-refractivity contribution in [2.45, 2.75) is 64.3 Å². The summed E-state index contributed by atoms with van der Waals surface area (Å²) in [5.74, 6) is 3.57. The zero-order valence-electron chi connectivity index (χ0n) is 31.2. The van der Waals surface area contributed by atoms with Crippen LogP contribution < -0.4 is 33.2 Å². The maximum atomic E-state index is 11.1. The molecular weight excluding hydrogens is 668 g/mol. The number of rotatable bonds is 15. The van der Waals surface area contributed by atoms with E-state index in [2.05, 4.69) is 13.8 Å². The molecule has 0 spiro atoms. The van der Waals surface area contributed by atoms with E-state index < -0.39 is 24.4 Å². The molecule has 1 fully saturated rings. The number of aliphatic hydroxyl groups is 2. The van der Waals surface area contributed by atoms with Gasteiger partial charge in [-0.15, -0.1) is 0 Å². The van der Waals surface area contributed by atoms with E-state index in [1.807, 2.05) is 24.3 Å². The molecule has 3 N–H and O–H groups in total. The molecule has 8 atom stereocenters. The molecule has 0 radical (unpaired) electrons. The third-order valence-corrected chi connectivity index (χ3v) is 9.92. The first-order valence-corrected chi connectivity index (χ1v) is 17.2. The number of methoxy groups -OCH3 is 5. The highest BCUT2D eigenvalue weighted by atomic mass is 16.5. The van der Waals surface area contributed by atoms with Crippen molar-refractivity contribution in [2.75, 3.05) is 35.5 Å². The van der Waals surface area contributed by atoms with Gasteiger partial charge in [-0.2, -0.15) is 0 Å². The zero-order chi connectivity index (χ0) is 37.7. The minimum atomic E-state index is -0.988. The van der Waals surface area contributed by atoms with Crippen LogP contribution in [0.4, 0.5) is 0 Å². The van der Waals surface area contributed by atoms with Crippen LogP contribution in [0.2, 0.25) is 0 Å². The minimum Gasteiger partial charge on any atom is -0.504 e. The Morgan fingerprint density at radius 3 is 1.33 bits per heavy atom. The van der Waals surface area contributed by atoms with Crippen LogP contribution in [0.5, 0.6) is 46.0 Å². The number of hydrogen-bond donors (Lipinski definition) is 3. The Hall–Kier alpha value is -4.84. The van der Waals surface area contributed by atoms with Gasteiger partial charge in [0, 0.05) is 0 Å². The molecule has 280 valence electrons. The van der Waals surface area contributed by atoms with E-state index in [-0.39, 0.29) is 35.5 Å². The Balaban J connectivity index is 1.27. The first-order valence-electron chi connectivity index (χ1n) is 17.2. The second-order valence-corrected chi connectivity index (χ2v) is 13.1. The maximum Gasteiger partial charge on any atom is 0.161 e. The Labute approximate surface area is 305 Å². The quantitative estimate of drug-likeness (QED) is 0.113. The Morgan fingerprint density at radius 2 is 0.885 bits per heavy atom. The molecule has 1 aliphatic rings. The molecule has 0 amide bonds.